The first-order valence-electron chi connectivity index (χ1n) is 8.06. The van der Waals surface area contributed by atoms with E-state index in [1.807, 2.05) is 0 Å². The van der Waals surface area contributed by atoms with Crippen molar-refractivity contribution in [3.05, 3.63) is 76.1 Å². The Bertz CT molecular complexity index is 1050. The summed E-state index contributed by atoms with van der Waals surface area (Å²) < 4.78 is 47.4. The van der Waals surface area contributed by atoms with Crippen LogP contribution < -0.4 is 0 Å². The van der Waals surface area contributed by atoms with Gasteiger partial charge in [-0.15, -0.1) is 0 Å². The zero-order valence-electron chi connectivity index (χ0n) is 14.8. The topological polar surface area (TPSA) is 47.8 Å². The highest BCUT2D eigenvalue weighted by Crippen LogP contribution is 2.39. The SMILES string of the molecule is COC(=O)c1c(C(F)(F)F)c(C(=O)c2ccc(C)cc2)n2ccc(C)cc12. The van der Waals surface area contributed by atoms with Gasteiger partial charge in [-0.3, -0.25) is 4.79 Å². The number of pyridine rings is 1. The lowest BCUT2D eigenvalue weighted by molar-refractivity contribution is -0.138. The number of ether oxygens (including phenoxy) is 1. The number of benzene rings is 1. The number of carbonyl (C=O) groups is 2. The van der Waals surface area contributed by atoms with Crippen LogP contribution in [0.2, 0.25) is 0 Å². The van der Waals surface area contributed by atoms with Gasteiger partial charge in [0.2, 0.25) is 5.78 Å². The number of fused-ring (bicyclic) bond motifs is 1. The first-order chi connectivity index (χ1) is 12.6. The molecular weight excluding hydrogens is 359 g/mol. The van der Waals surface area contributed by atoms with Crippen molar-refractivity contribution in [1.29, 1.82) is 0 Å². The molecule has 4 nitrogen and oxygen atoms in total. The summed E-state index contributed by atoms with van der Waals surface area (Å²) in [6.45, 7) is 3.49. The van der Waals surface area contributed by atoms with Crippen LogP contribution in [0.15, 0.2) is 42.6 Å². The van der Waals surface area contributed by atoms with Gasteiger partial charge in [0.1, 0.15) is 11.3 Å². The third-order valence-corrected chi connectivity index (χ3v) is 4.30. The standard InChI is InChI=1S/C20H16F3NO3/c1-11-4-6-13(7-5-11)18(25)17-16(20(21,22)23)15(19(26)27-3)14-10-12(2)8-9-24(14)17/h4-10H,1-3H3. The van der Waals surface area contributed by atoms with Gasteiger partial charge in [-0.05, 0) is 31.5 Å². The number of ketones is 1. The Kier molecular flexibility index (Phi) is 4.55. The van der Waals surface area contributed by atoms with Crippen molar-refractivity contribution < 1.29 is 27.5 Å². The van der Waals surface area contributed by atoms with E-state index >= 15 is 0 Å². The van der Waals surface area contributed by atoms with Crippen molar-refractivity contribution in [3.8, 4) is 0 Å². The molecule has 0 N–H and O–H groups in total. The Morgan fingerprint density at radius 1 is 1.00 bits per heavy atom. The van der Waals surface area contributed by atoms with Gasteiger partial charge >= 0.3 is 12.1 Å². The fourth-order valence-corrected chi connectivity index (χ4v) is 3.01. The minimum Gasteiger partial charge on any atom is -0.465 e. The number of alkyl halides is 3. The number of hydrogen-bond donors (Lipinski definition) is 0. The summed E-state index contributed by atoms with van der Waals surface area (Å²) in [4.78, 5) is 25.2. The van der Waals surface area contributed by atoms with E-state index in [-0.39, 0.29) is 11.1 Å². The van der Waals surface area contributed by atoms with E-state index < -0.39 is 34.7 Å². The molecule has 0 unspecified atom stereocenters. The molecule has 0 bridgehead atoms. The van der Waals surface area contributed by atoms with E-state index in [0.29, 0.717) is 5.56 Å². The number of aryl methyl sites for hydroxylation is 2. The molecule has 1 aromatic carbocycles. The van der Waals surface area contributed by atoms with Gasteiger partial charge in [0.05, 0.1) is 18.2 Å². The quantitative estimate of drug-likeness (QED) is 0.497. The van der Waals surface area contributed by atoms with Gasteiger partial charge < -0.3 is 9.14 Å². The van der Waals surface area contributed by atoms with Crippen molar-refractivity contribution in [2.75, 3.05) is 7.11 Å². The maximum atomic E-state index is 13.9. The van der Waals surface area contributed by atoms with E-state index in [1.54, 1.807) is 32.0 Å². The summed E-state index contributed by atoms with van der Waals surface area (Å²) in [5.74, 6) is -1.97. The fourth-order valence-electron chi connectivity index (χ4n) is 3.01. The second-order valence-corrected chi connectivity index (χ2v) is 6.24. The van der Waals surface area contributed by atoms with Crippen molar-refractivity contribution in [2.24, 2.45) is 0 Å². The van der Waals surface area contributed by atoms with E-state index in [2.05, 4.69) is 4.74 Å². The monoisotopic (exact) mass is 375 g/mol. The number of esters is 1. The first-order valence-corrected chi connectivity index (χ1v) is 8.06. The average molecular weight is 375 g/mol. The molecule has 0 spiro atoms. The molecule has 0 aliphatic rings. The zero-order valence-corrected chi connectivity index (χ0v) is 14.8. The van der Waals surface area contributed by atoms with Crippen molar-refractivity contribution >= 4 is 17.3 Å². The molecule has 0 saturated carbocycles. The van der Waals surface area contributed by atoms with Crippen LogP contribution in [0.4, 0.5) is 13.2 Å². The van der Waals surface area contributed by atoms with E-state index in [0.717, 1.165) is 17.1 Å². The fraction of sp³-hybridized carbons (Fsp3) is 0.200. The first kappa shape index (κ1) is 18.7. The lowest BCUT2D eigenvalue weighted by Crippen LogP contribution is -2.17. The molecule has 0 fully saturated rings. The number of aromatic nitrogens is 1. The van der Waals surface area contributed by atoms with Gasteiger partial charge in [0, 0.05) is 11.8 Å². The lowest BCUT2D eigenvalue weighted by Gasteiger charge is -2.10. The molecule has 140 valence electrons. The number of halogens is 3. The lowest BCUT2D eigenvalue weighted by atomic mass is 10.0. The molecule has 0 saturated heterocycles. The zero-order chi connectivity index (χ0) is 19.9. The number of rotatable bonds is 3. The highest BCUT2D eigenvalue weighted by Gasteiger charge is 2.44. The number of methoxy groups -OCH3 is 1. The predicted molar refractivity (Wildman–Crippen MR) is 93.1 cm³/mol. The molecule has 0 atom stereocenters. The molecule has 3 aromatic rings. The minimum absolute atomic E-state index is 0.0235. The Morgan fingerprint density at radius 3 is 2.19 bits per heavy atom. The van der Waals surface area contributed by atoms with Crippen LogP contribution in [0.1, 0.15) is 43.1 Å². The summed E-state index contributed by atoms with van der Waals surface area (Å²) in [7, 11) is 1.00. The molecule has 2 heterocycles. The van der Waals surface area contributed by atoms with Crippen LogP contribution in [0.3, 0.4) is 0 Å². The molecule has 0 radical (unpaired) electrons. The maximum Gasteiger partial charge on any atom is 0.419 e. The summed E-state index contributed by atoms with van der Waals surface area (Å²) in [6.07, 6.45) is -3.56. The third-order valence-electron chi connectivity index (χ3n) is 4.30. The minimum atomic E-state index is -4.92. The maximum absolute atomic E-state index is 13.9. The van der Waals surface area contributed by atoms with Gasteiger partial charge in [-0.1, -0.05) is 29.8 Å². The second kappa shape index (κ2) is 6.57. The second-order valence-electron chi connectivity index (χ2n) is 6.24. The smallest absolute Gasteiger partial charge is 0.419 e. The molecule has 0 aliphatic carbocycles. The molecule has 7 heteroatoms. The molecule has 3 rings (SSSR count). The Hall–Kier alpha value is -3.09. The molecular formula is C20H16F3NO3. The highest BCUT2D eigenvalue weighted by molar-refractivity contribution is 6.13. The van der Waals surface area contributed by atoms with Crippen LogP contribution in [0, 0.1) is 13.8 Å². The van der Waals surface area contributed by atoms with Crippen LogP contribution in [0.25, 0.3) is 5.52 Å². The van der Waals surface area contributed by atoms with E-state index in [1.165, 1.54) is 24.4 Å². The summed E-state index contributed by atoms with van der Waals surface area (Å²) in [6, 6.07) is 9.20. The van der Waals surface area contributed by atoms with Crippen LogP contribution in [0.5, 0.6) is 0 Å². The molecule has 27 heavy (non-hydrogen) atoms. The number of hydrogen-bond acceptors (Lipinski definition) is 3. The Balaban J connectivity index is 2.42. The van der Waals surface area contributed by atoms with Gasteiger partial charge in [-0.25, -0.2) is 4.79 Å². The van der Waals surface area contributed by atoms with Gasteiger partial charge in [-0.2, -0.15) is 13.2 Å². The third kappa shape index (κ3) is 3.20. The largest absolute Gasteiger partial charge is 0.465 e. The normalized spacial score (nSPS) is 11.6. The molecule has 0 aliphatic heterocycles. The Morgan fingerprint density at radius 2 is 1.63 bits per heavy atom. The summed E-state index contributed by atoms with van der Waals surface area (Å²) in [5, 5.41) is 0. The predicted octanol–water partition coefficient (Wildman–Crippen LogP) is 4.59. The van der Waals surface area contributed by atoms with Crippen molar-refractivity contribution in [2.45, 2.75) is 20.0 Å². The van der Waals surface area contributed by atoms with E-state index in [9.17, 15) is 22.8 Å². The molecule has 2 aromatic heterocycles. The van der Waals surface area contributed by atoms with Gasteiger partial charge in [0.15, 0.2) is 0 Å². The Labute approximate surface area is 153 Å². The number of carbonyl (C=O) groups excluding carboxylic acids is 2. The van der Waals surface area contributed by atoms with Crippen LogP contribution >= 0.6 is 0 Å². The summed E-state index contributed by atoms with van der Waals surface area (Å²) >= 11 is 0. The highest BCUT2D eigenvalue weighted by atomic mass is 19.4. The van der Waals surface area contributed by atoms with Gasteiger partial charge in [0.25, 0.3) is 0 Å². The van der Waals surface area contributed by atoms with Crippen LogP contribution in [-0.4, -0.2) is 23.3 Å². The molecule has 0 amide bonds. The van der Waals surface area contributed by atoms with Crippen molar-refractivity contribution in [1.82, 2.24) is 4.40 Å². The van der Waals surface area contributed by atoms with Crippen LogP contribution in [-0.2, 0) is 10.9 Å². The number of nitrogens with zero attached hydrogens (tertiary/aromatic N) is 1. The van der Waals surface area contributed by atoms with E-state index in [4.69, 9.17) is 0 Å². The average Bonchev–Trinajstić information content (AvgIpc) is 2.95. The van der Waals surface area contributed by atoms with Crippen molar-refractivity contribution in [3.63, 3.8) is 0 Å². The summed E-state index contributed by atoms with van der Waals surface area (Å²) in [5.41, 5.74) is -0.967.